The Hall–Kier alpha value is -0.510. The highest BCUT2D eigenvalue weighted by atomic mass is 32.2. The molecule has 0 bridgehead atoms. The molecule has 124 valence electrons. The van der Waals surface area contributed by atoms with E-state index >= 15 is 0 Å². The van der Waals surface area contributed by atoms with Crippen molar-refractivity contribution in [2.75, 3.05) is 39.6 Å². The van der Waals surface area contributed by atoms with Gasteiger partial charge in [0.25, 0.3) is 10.0 Å². The lowest BCUT2D eigenvalue weighted by atomic mass is 9.96. The van der Waals surface area contributed by atoms with Crippen molar-refractivity contribution >= 4 is 21.4 Å². The number of nitrogens with zero attached hydrogens (tertiary/aromatic N) is 1. The Bertz CT molecular complexity index is 588. The first kappa shape index (κ1) is 16.4. The van der Waals surface area contributed by atoms with Gasteiger partial charge < -0.3 is 14.2 Å². The van der Waals surface area contributed by atoms with Gasteiger partial charge in [-0.15, -0.1) is 11.3 Å². The van der Waals surface area contributed by atoms with Gasteiger partial charge in [0.15, 0.2) is 0 Å². The number of hydrogen-bond donors (Lipinski definition) is 0. The predicted molar refractivity (Wildman–Crippen MR) is 82.6 cm³/mol. The number of rotatable bonds is 5. The predicted octanol–water partition coefficient (Wildman–Crippen LogP) is 1.33. The number of thiophene rings is 1. The van der Waals surface area contributed by atoms with Crippen molar-refractivity contribution in [3.63, 3.8) is 0 Å². The molecule has 0 aromatic carbocycles. The maximum atomic E-state index is 12.9. The van der Waals surface area contributed by atoms with E-state index in [1.54, 1.807) is 21.8 Å². The molecule has 0 radical (unpaired) electrons. The zero-order valence-electron chi connectivity index (χ0n) is 12.6. The Morgan fingerprint density at radius 3 is 3.09 bits per heavy atom. The number of hydrogen-bond acceptors (Lipinski definition) is 6. The Morgan fingerprint density at radius 1 is 1.50 bits per heavy atom. The molecule has 8 heteroatoms. The molecule has 0 unspecified atom stereocenters. The first-order valence-corrected chi connectivity index (χ1v) is 9.74. The van der Waals surface area contributed by atoms with Gasteiger partial charge in [0.2, 0.25) is 0 Å². The van der Waals surface area contributed by atoms with E-state index in [2.05, 4.69) is 0 Å². The molecule has 2 aliphatic heterocycles. The third-order valence-corrected chi connectivity index (χ3v) is 7.46. The van der Waals surface area contributed by atoms with Gasteiger partial charge in [0, 0.05) is 13.2 Å². The summed E-state index contributed by atoms with van der Waals surface area (Å²) in [5.74, 6) is 0. The van der Waals surface area contributed by atoms with Gasteiger partial charge in [0.1, 0.15) is 4.21 Å². The quantitative estimate of drug-likeness (QED) is 0.804. The van der Waals surface area contributed by atoms with Gasteiger partial charge in [-0.05, 0) is 24.8 Å². The molecule has 0 N–H and O–H groups in total. The third kappa shape index (κ3) is 2.95. The van der Waals surface area contributed by atoms with Gasteiger partial charge in [-0.1, -0.05) is 6.07 Å². The average Bonchev–Trinajstić information content (AvgIpc) is 3.16. The molecule has 2 fully saturated rings. The summed E-state index contributed by atoms with van der Waals surface area (Å²) in [4.78, 5) is 0. The van der Waals surface area contributed by atoms with Crippen LogP contribution < -0.4 is 0 Å². The summed E-state index contributed by atoms with van der Waals surface area (Å²) in [6, 6.07) is 3.41. The lowest BCUT2D eigenvalue weighted by molar-refractivity contribution is -0.0314. The zero-order chi connectivity index (χ0) is 15.6. The van der Waals surface area contributed by atoms with E-state index < -0.39 is 15.6 Å². The minimum Gasteiger partial charge on any atom is -0.379 e. The van der Waals surface area contributed by atoms with Crippen LogP contribution >= 0.6 is 11.3 Å². The summed E-state index contributed by atoms with van der Waals surface area (Å²) < 4.78 is 44.6. The first-order valence-electron chi connectivity index (χ1n) is 7.42. The van der Waals surface area contributed by atoms with Gasteiger partial charge in [-0.25, -0.2) is 8.42 Å². The van der Waals surface area contributed by atoms with Crippen LogP contribution in [0.5, 0.6) is 0 Å². The van der Waals surface area contributed by atoms with E-state index in [4.69, 9.17) is 14.2 Å². The minimum absolute atomic E-state index is 0.0808. The smallest absolute Gasteiger partial charge is 0.253 e. The van der Waals surface area contributed by atoms with E-state index in [9.17, 15) is 8.42 Å². The molecule has 1 aromatic heterocycles. The lowest BCUT2D eigenvalue weighted by Gasteiger charge is -2.42. The Balaban J connectivity index is 1.83. The molecule has 22 heavy (non-hydrogen) atoms. The molecule has 1 spiro atoms. The highest BCUT2D eigenvalue weighted by Gasteiger charge is 2.52. The molecule has 0 amide bonds. The maximum Gasteiger partial charge on any atom is 0.253 e. The average molecular weight is 347 g/mol. The van der Waals surface area contributed by atoms with Crippen molar-refractivity contribution in [2.45, 2.75) is 29.2 Å². The van der Waals surface area contributed by atoms with Crippen molar-refractivity contribution in [3.8, 4) is 0 Å². The molecule has 3 heterocycles. The van der Waals surface area contributed by atoms with Crippen LogP contribution in [-0.2, 0) is 24.2 Å². The molecular formula is C14H21NO5S2. The normalized spacial score (nSPS) is 30.1. The van der Waals surface area contributed by atoms with Gasteiger partial charge >= 0.3 is 0 Å². The molecule has 6 nitrogen and oxygen atoms in total. The second-order valence-corrected chi connectivity index (χ2v) is 8.62. The number of ether oxygens (including phenoxy) is 3. The summed E-state index contributed by atoms with van der Waals surface area (Å²) in [7, 11) is -3.50. The number of morpholine rings is 1. The molecule has 0 saturated carbocycles. The highest BCUT2D eigenvalue weighted by molar-refractivity contribution is 7.91. The largest absolute Gasteiger partial charge is 0.379 e. The van der Waals surface area contributed by atoms with Crippen molar-refractivity contribution in [2.24, 2.45) is 0 Å². The molecule has 2 saturated heterocycles. The van der Waals surface area contributed by atoms with Gasteiger partial charge in [-0.3, -0.25) is 0 Å². The van der Waals surface area contributed by atoms with Gasteiger partial charge in [-0.2, -0.15) is 4.31 Å². The van der Waals surface area contributed by atoms with E-state index in [1.165, 1.54) is 11.3 Å². The Morgan fingerprint density at radius 2 is 2.36 bits per heavy atom. The van der Waals surface area contributed by atoms with Crippen LogP contribution in [0, 0.1) is 0 Å². The van der Waals surface area contributed by atoms with E-state index in [1.807, 2.05) is 6.92 Å². The first-order chi connectivity index (χ1) is 10.6. The summed E-state index contributed by atoms with van der Waals surface area (Å²) in [5.41, 5.74) is -0.608. The topological polar surface area (TPSA) is 65.1 Å². The fourth-order valence-corrected chi connectivity index (χ4v) is 5.90. The van der Waals surface area contributed by atoms with Crippen LogP contribution in [0.25, 0.3) is 0 Å². The van der Waals surface area contributed by atoms with Crippen molar-refractivity contribution in [1.82, 2.24) is 4.31 Å². The van der Waals surface area contributed by atoms with Crippen molar-refractivity contribution in [1.29, 1.82) is 0 Å². The molecule has 2 atom stereocenters. The van der Waals surface area contributed by atoms with E-state index in [0.717, 1.165) is 0 Å². The van der Waals surface area contributed by atoms with Crippen LogP contribution in [0.2, 0.25) is 0 Å². The molecule has 1 aromatic rings. The maximum absolute atomic E-state index is 12.9. The second-order valence-electron chi connectivity index (χ2n) is 5.58. The highest BCUT2D eigenvalue weighted by Crippen LogP contribution is 2.37. The second kappa shape index (κ2) is 6.54. The molecule has 2 aliphatic rings. The summed E-state index contributed by atoms with van der Waals surface area (Å²) in [6.07, 6.45) is 0.528. The van der Waals surface area contributed by atoms with Crippen LogP contribution in [0.15, 0.2) is 21.7 Å². The van der Waals surface area contributed by atoms with E-state index in [0.29, 0.717) is 50.2 Å². The van der Waals surface area contributed by atoms with Crippen LogP contribution in [0.4, 0.5) is 0 Å². The molecule has 0 aliphatic carbocycles. The van der Waals surface area contributed by atoms with Crippen LogP contribution in [-0.4, -0.2) is 63.9 Å². The Labute approximate surface area is 135 Å². The summed E-state index contributed by atoms with van der Waals surface area (Å²) in [6.45, 7) is 4.57. The minimum atomic E-state index is -3.50. The third-order valence-electron chi connectivity index (χ3n) is 4.08. The van der Waals surface area contributed by atoms with E-state index in [-0.39, 0.29) is 6.10 Å². The van der Waals surface area contributed by atoms with Gasteiger partial charge in [0.05, 0.1) is 38.1 Å². The molecule has 3 rings (SSSR count). The molecular weight excluding hydrogens is 326 g/mol. The van der Waals surface area contributed by atoms with Crippen molar-refractivity contribution < 1.29 is 22.6 Å². The number of sulfonamides is 1. The summed E-state index contributed by atoms with van der Waals surface area (Å²) in [5, 5.41) is 1.78. The SMILES string of the molecule is CCOC[C@H]1C[C@]2(COCCN2S(=O)(=O)c2cccs2)CO1. The Kier molecular flexibility index (Phi) is 4.86. The lowest BCUT2D eigenvalue weighted by Crippen LogP contribution is -2.59. The zero-order valence-corrected chi connectivity index (χ0v) is 14.2. The fourth-order valence-electron chi connectivity index (χ4n) is 3.06. The fraction of sp³-hybridized carbons (Fsp3) is 0.714. The summed E-state index contributed by atoms with van der Waals surface area (Å²) >= 11 is 1.24. The van der Waals surface area contributed by atoms with Crippen LogP contribution in [0.3, 0.4) is 0 Å². The monoisotopic (exact) mass is 347 g/mol. The van der Waals surface area contributed by atoms with Crippen molar-refractivity contribution in [3.05, 3.63) is 17.5 Å². The van der Waals surface area contributed by atoms with Crippen LogP contribution in [0.1, 0.15) is 13.3 Å². The standard InChI is InChI=1S/C14H21NO5S2/c1-2-18-9-12-8-14(11-20-12)10-19-6-5-15(14)22(16,17)13-4-3-7-21-13/h3-4,7,12H,2,5-6,8-11H2,1H3/t12-,14+/m1/s1.